The minimum atomic E-state index is -3.59. The Bertz CT molecular complexity index is 866. The largest absolute Gasteiger partial charge is 0.364 e. The van der Waals surface area contributed by atoms with Gasteiger partial charge in [0.15, 0.2) is 0 Å². The summed E-state index contributed by atoms with van der Waals surface area (Å²) in [6, 6.07) is 12.5. The standard InChI is InChI=1S/C18H14BrClF2N2O2/c1-17(21,22)18(26)10-15(11-4-8-14(20)9-5-11)23-24(18)16(25)12-2-6-13(19)7-3-12/h2-9,26H,10H2,1H3/t18-/m0/s1. The molecule has 0 aliphatic carbocycles. The number of carbonyl (C=O) groups is 1. The van der Waals surface area contributed by atoms with E-state index in [0.717, 1.165) is 4.47 Å². The second kappa shape index (κ2) is 6.72. The van der Waals surface area contributed by atoms with Crippen molar-refractivity contribution in [2.45, 2.75) is 25.0 Å². The number of hydrogen-bond acceptors (Lipinski definition) is 3. The van der Waals surface area contributed by atoms with E-state index in [1.165, 1.54) is 12.1 Å². The van der Waals surface area contributed by atoms with E-state index < -0.39 is 24.0 Å². The molecule has 1 N–H and O–H groups in total. The Labute approximate surface area is 162 Å². The van der Waals surface area contributed by atoms with E-state index in [2.05, 4.69) is 21.0 Å². The van der Waals surface area contributed by atoms with Crippen molar-refractivity contribution in [2.24, 2.45) is 5.10 Å². The molecule has 0 fully saturated rings. The van der Waals surface area contributed by atoms with E-state index in [9.17, 15) is 18.7 Å². The van der Waals surface area contributed by atoms with Crippen molar-refractivity contribution in [3.8, 4) is 0 Å². The van der Waals surface area contributed by atoms with Gasteiger partial charge in [0.05, 0.1) is 5.71 Å². The van der Waals surface area contributed by atoms with Gasteiger partial charge in [-0.2, -0.15) is 10.1 Å². The molecule has 1 aliphatic heterocycles. The number of aliphatic hydroxyl groups is 1. The van der Waals surface area contributed by atoms with Crippen molar-refractivity contribution in [1.82, 2.24) is 5.01 Å². The van der Waals surface area contributed by atoms with Gasteiger partial charge >= 0.3 is 0 Å². The molecule has 0 saturated heterocycles. The second-order valence-electron chi connectivity index (χ2n) is 6.06. The summed E-state index contributed by atoms with van der Waals surface area (Å²) in [6.07, 6.45) is -0.500. The van der Waals surface area contributed by atoms with Crippen molar-refractivity contribution in [2.75, 3.05) is 0 Å². The molecule has 1 atom stereocenters. The predicted molar refractivity (Wildman–Crippen MR) is 98.5 cm³/mol. The van der Waals surface area contributed by atoms with Crippen molar-refractivity contribution in [3.63, 3.8) is 0 Å². The second-order valence-corrected chi connectivity index (χ2v) is 7.41. The molecule has 3 rings (SSSR count). The lowest BCUT2D eigenvalue weighted by atomic mass is 9.96. The number of hydrogen-bond donors (Lipinski definition) is 1. The maximum atomic E-state index is 14.2. The summed E-state index contributed by atoms with van der Waals surface area (Å²) in [7, 11) is 0. The first-order valence-corrected chi connectivity index (χ1v) is 8.83. The van der Waals surface area contributed by atoms with Gasteiger partial charge in [0.2, 0.25) is 5.72 Å². The van der Waals surface area contributed by atoms with Crippen molar-refractivity contribution < 1.29 is 18.7 Å². The highest BCUT2D eigenvalue weighted by molar-refractivity contribution is 9.10. The molecular formula is C18H14BrClF2N2O2. The molecule has 1 amide bonds. The number of nitrogens with zero attached hydrogens (tertiary/aromatic N) is 2. The van der Waals surface area contributed by atoms with Crippen LogP contribution in [0.25, 0.3) is 0 Å². The van der Waals surface area contributed by atoms with Crippen LogP contribution in [0.5, 0.6) is 0 Å². The number of amides is 1. The highest BCUT2D eigenvalue weighted by Crippen LogP contribution is 2.41. The molecular weight excluding hydrogens is 430 g/mol. The lowest BCUT2D eigenvalue weighted by Gasteiger charge is -2.35. The topological polar surface area (TPSA) is 52.9 Å². The third kappa shape index (κ3) is 3.39. The van der Waals surface area contributed by atoms with Crippen molar-refractivity contribution >= 4 is 39.1 Å². The number of rotatable bonds is 3. The van der Waals surface area contributed by atoms with E-state index in [4.69, 9.17) is 11.6 Å². The number of hydrazone groups is 1. The van der Waals surface area contributed by atoms with Crippen LogP contribution in [0.1, 0.15) is 29.3 Å². The predicted octanol–water partition coefficient (Wildman–Crippen LogP) is 4.70. The van der Waals surface area contributed by atoms with Crippen LogP contribution in [-0.4, -0.2) is 33.4 Å². The van der Waals surface area contributed by atoms with E-state index >= 15 is 0 Å². The quantitative estimate of drug-likeness (QED) is 0.748. The maximum absolute atomic E-state index is 14.2. The third-order valence-corrected chi connectivity index (χ3v) is 4.93. The lowest BCUT2D eigenvalue weighted by molar-refractivity contribution is -0.222. The summed E-state index contributed by atoms with van der Waals surface area (Å²) >= 11 is 9.09. The molecule has 2 aromatic carbocycles. The average molecular weight is 444 g/mol. The monoisotopic (exact) mass is 442 g/mol. The van der Waals surface area contributed by atoms with Gasteiger partial charge in [-0.15, -0.1) is 0 Å². The van der Waals surface area contributed by atoms with Gasteiger partial charge in [0.1, 0.15) is 0 Å². The molecule has 26 heavy (non-hydrogen) atoms. The van der Waals surface area contributed by atoms with Gasteiger partial charge in [0, 0.05) is 28.4 Å². The normalized spacial score (nSPS) is 20.2. The molecule has 0 saturated carbocycles. The molecule has 0 unspecified atom stereocenters. The molecule has 8 heteroatoms. The highest BCUT2D eigenvalue weighted by atomic mass is 79.9. The van der Waals surface area contributed by atoms with Crippen LogP contribution in [0.15, 0.2) is 58.1 Å². The molecule has 0 spiro atoms. The molecule has 136 valence electrons. The van der Waals surface area contributed by atoms with Gasteiger partial charge in [-0.3, -0.25) is 4.79 Å². The third-order valence-electron chi connectivity index (χ3n) is 4.15. The first kappa shape index (κ1) is 18.9. The molecule has 0 radical (unpaired) electrons. The fraction of sp³-hybridized carbons (Fsp3) is 0.222. The van der Waals surface area contributed by atoms with Crippen LogP contribution in [0, 0.1) is 0 Å². The zero-order valence-corrected chi connectivity index (χ0v) is 15.9. The first-order chi connectivity index (χ1) is 12.1. The summed E-state index contributed by atoms with van der Waals surface area (Å²) in [5.74, 6) is -4.40. The Kier molecular flexibility index (Phi) is 4.90. The summed E-state index contributed by atoms with van der Waals surface area (Å²) in [4.78, 5) is 12.7. The molecule has 1 heterocycles. The highest BCUT2D eigenvalue weighted by Gasteiger charge is 2.59. The minimum Gasteiger partial charge on any atom is -0.364 e. The smallest absolute Gasteiger partial charge is 0.294 e. The molecule has 4 nitrogen and oxygen atoms in total. The Morgan fingerprint density at radius 2 is 1.81 bits per heavy atom. The van der Waals surface area contributed by atoms with Gasteiger partial charge in [-0.1, -0.05) is 39.7 Å². The Morgan fingerprint density at radius 3 is 2.35 bits per heavy atom. The average Bonchev–Trinajstić information content (AvgIpc) is 2.94. The SMILES string of the molecule is CC(F)(F)[C@@]1(O)CC(c2ccc(Cl)cc2)=NN1C(=O)c1ccc(Br)cc1. The number of carbonyl (C=O) groups excluding carboxylic acids is 1. The van der Waals surface area contributed by atoms with Crippen molar-refractivity contribution in [3.05, 3.63) is 69.2 Å². The molecule has 2 aromatic rings. The van der Waals surface area contributed by atoms with E-state index in [1.54, 1.807) is 36.4 Å². The fourth-order valence-electron chi connectivity index (χ4n) is 2.62. The zero-order valence-electron chi connectivity index (χ0n) is 13.6. The summed E-state index contributed by atoms with van der Waals surface area (Å²) in [5.41, 5.74) is -1.94. The van der Waals surface area contributed by atoms with E-state index in [1.807, 2.05) is 0 Å². The number of halogens is 4. The van der Waals surface area contributed by atoms with E-state index in [-0.39, 0.29) is 11.3 Å². The summed E-state index contributed by atoms with van der Waals surface area (Å²) < 4.78 is 29.2. The maximum Gasteiger partial charge on any atom is 0.294 e. The fourth-order valence-corrected chi connectivity index (χ4v) is 3.01. The van der Waals surface area contributed by atoms with Gasteiger partial charge < -0.3 is 5.11 Å². The van der Waals surface area contributed by atoms with Crippen LogP contribution in [-0.2, 0) is 0 Å². The van der Waals surface area contributed by atoms with Crippen LogP contribution in [0.3, 0.4) is 0 Å². The zero-order chi connectivity index (χ0) is 19.1. The Hall–Kier alpha value is -1.83. The lowest BCUT2D eigenvalue weighted by Crippen LogP contribution is -2.57. The van der Waals surface area contributed by atoms with E-state index in [0.29, 0.717) is 22.5 Å². The van der Waals surface area contributed by atoms with Crippen LogP contribution < -0.4 is 0 Å². The van der Waals surface area contributed by atoms with Gasteiger partial charge in [-0.05, 0) is 42.0 Å². The number of benzene rings is 2. The summed E-state index contributed by atoms with van der Waals surface area (Å²) in [6.45, 7) is 0.565. The first-order valence-electron chi connectivity index (χ1n) is 7.65. The van der Waals surface area contributed by atoms with Crippen LogP contribution in [0.2, 0.25) is 5.02 Å². The minimum absolute atomic E-state index is 0.136. The molecule has 0 bridgehead atoms. The van der Waals surface area contributed by atoms with Gasteiger partial charge in [0.25, 0.3) is 11.8 Å². The molecule has 1 aliphatic rings. The molecule has 0 aromatic heterocycles. The summed E-state index contributed by atoms with van der Waals surface area (Å²) in [5, 5.41) is 15.6. The van der Waals surface area contributed by atoms with Crippen molar-refractivity contribution in [1.29, 1.82) is 0 Å². The Morgan fingerprint density at radius 1 is 1.23 bits per heavy atom. The van der Waals surface area contributed by atoms with Crippen LogP contribution >= 0.6 is 27.5 Å². The number of alkyl halides is 2. The van der Waals surface area contributed by atoms with Crippen LogP contribution in [0.4, 0.5) is 8.78 Å². The Balaban J connectivity index is 2.03. The van der Waals surface area contributed by atoms with Gasteiger partial charge in [-0.25, -0.2) is 8.78 Å².